The number of thiazole rings is 1. The summed E-state index contributed by atoms with van der Waals surface area (Å²) in [7, 11) is 0. The van der Waals surface area contributed by atoms with E-state index in [4.69, 9.17) is 10.5 Å². The van der Waals surface area contributed by atoms with Gasteiger partial charge >= 0.3 is 0 Å². The van der Waals surface area contributed by atoms with E-state index in [1.54, 1.807) is 11.3 Å². The van der Waals surface area contributed by atoms with Gasteiger partial charge in [-0.15, -0.1) is 21.5 Å². The lowest BCUT2D eigenvalue weighted by Crippen LogP contribution is -2.06. The number of hydrogen-bond acceptors (Lipinski definition) is 5. The lowest BCUT2D eigenvalue weighted by Gasteiger charge is -2.09. The minimum absolute atomic E-state index is 0.559. The van der Waals surface area contributed by atoms with Crippen LogP contribution in [0.15, 0.2) is 29.6 Å². The molecule has 6 heteroatoms. The van der Waals surface area contributed by atoms with E-state index in [2.05, 4.69) is 26.0 Å². The molecule has 0 aliphatic rings. The third-order valence-electron chi connectivity index (χ3n) is 3.05. The van der Waals surface area contributed by atoms with Crippen molar-refractivity contribution in [3.63, 3.8) is 0 Å². The van der Waals surface area contributed by atoms with Crippen molar-refractivity contribution in [1.29, 1.82) is 0 Å². The molecule has 0 amide bonds. The molecular formula is C14H16N4OS. The molecule has 0 aliphatic carbocycles. The zero-order valence-electron chi connectivity index (χ0n) is 11.2. The van der Waals surface area contributed by atoms with Crippen LogP contribution in [-0.2, 0) is 6.42 Å². The van der Waals surface area contributed by atoms with Gasteiger partial charge < -0.3 is 10.5 Å². The average Bonchev–Trinajstić information content (AvgIpc) is 3.04. The van der Waals surface area contributed by atoms with E-state index in [0.717, 1.165) is 27.8 Å². The summed E-state index contributed by atoms with van der Waals surface area (Å²) in [6.45, 7) is 3.18. The number of para-hydroxylation sites is 1. The summed E-state index contributed by atoms with van der Waals surface area (Å²) in [6.07, 6.45) is 0.710. The number of fused-ring (bicyclic) bond motifs is 1. The third kappa shape index (κ3) is 2.17. The zero-order valence-corrected chi connectivity index (χ0v) is 12.1. The molecule has 3 aromatic rings. The molecule has 2 heterocycles. The number of ether oxygens (including phenoxy) is 1. The van der Waals surface area contributed by atoms with Gasteiger partial charge in [0.15, 0.2) is 0 Å². The van der Waals surface area contributed by atoms with Crippen LogP contribution in [0.25, 0.3) is 16.2 Å². The fraction of sp³-hybridized carbons (Fsp3) is 0.286. The molecule has 0 saturated carbocycles. The summed E-state index contributed by atoms with van der Waals surface area (Å²) in [6, 6.07) is 8.02. The molecule has 0 spiro atoms. The highest BCUT2D eigenvalue weighted by atomic mass is 32.1. The van der Waals surface area contributed by atoms with E-state index in [9.17, 15) is 0 Å². The van der Waals surface area contributed by atoms with Crippen LogP contribution in [0.2, 0.25) is 0 Å². The summed E-state index contributed by atoms with van der Waals surface area (Å²) in [4.78, 5) is 0.884. The van der Waals surface area contributed by atoms with Crippen LogP contribution < -0.4 is 10.5 Å². The molecule has 0 aliphatic heterocycles. The van der Waals surface area contributed by atoms with Gasteiger partial charge in [-0.2, -0.15) is 0 Å². The van der Waals surface area contributed by atoms with Crippen LogP contribution in [0.5, 0.6) is 5.75 Å². The third-order valence-corrected chi connectivity index (χ3v) is 3.86. The summed E-state index contributed by atoms with van der Waals surface area (Å²) in [5.74, 6) is 1.77. The van der Waals surface area contributed by atoms with Crippen LogP contribution in [0, 0.1) is 0 Å². The van der Waals surface area contributed by atoms with Crippen molar-refractivity contribution in [2.45, 2.75) is 13.3 Å². The van der Waals surface area contributed by atoms with E-state index in [1.165, 1.54) is 0 Å². The van der Waals surface area contributed by atoms with Crippen molar-refractivity contribution in [2.24, 2.45) is 5.73 Å². The maximum absolute atomic E-state index is 5.71. The standard InChI is InChI=1S/C14H16N4OS/c1-2-19-12-6-4-3-5-10(12)11-9-20-14-17-16-13(7-8-15)18(11)14/h3-6,9H,2,7-8,15H2,1H3. The highest BCUT2D eigenvalue weighted by Gasteiger charge is 2.15. The van der Waals surface area contributed by atoms with Gasteiger partial charge in [-0.1, -0.05) is 12.1 Å². The Balaban J connectivity index is 2.16. The second kappa shape index (κ2) is 5.60. The second-order valence-electron chi connectivity index (χ2n) is 4.32. The summed E-state index contributed by atoms with van der Waals surface area (Å²) < 4.78 is 7.78. The predicted molar refractivity (Wildman–Crippen MR) is 80.2 cm³/mol. The molecule has 20 heavy (non-hydrogen) atoms. The van der Waals surface area contributed by atoms with Crippen molar-refractivity contribution in [1.82, 2.24) is 14.6 Å². The highest BCUT2D eigenvalue weighted by molar-refractivity contribution is 7.15. The van der Waals surface area contributed by atoms with Gasteiger partial charge in [0, 0.05) is 17.4 Å². The lowest BCUT2D eigenvalue weighted by molar-refractivity contribution is 0.341. The fourth-order valence-corrected chi connectivity index (χ4v) is 3.06. The van der Waals surface area contributed by atoms with Gasteiger partial charge in [-0.3, -0.25) is 4.40 Å². The minimum atomic E-state index is 0.559. The van der Waals surface area contributed by atoms with Crippen molar-refractivity contribution >= 4 is 16.3 Å². The zero-order chi connectivity index (χ0) is 13.9. The smallest absolute Gasteiger partial charge is 0.216 e. The minimum Gasteiger partial charge on any atom is -0.493 e. The predicted octanol–water partition coefficient (Wildman–Crippen LogP) is 2.36. The Kier molecular flexibility index (Phi) is 3.66. The van der Waals surface area contributed by atoms with Crippen LogP contribution in [0.3, 0.4) is 0 Å². The van der Waals surface area contributed by atoms with Crippen molar-refractivity contribution in [3.8, 4) is 17.0 Å². The molecular weight excluding hydrogens is 272 g/mol. The molecule has 104 valence electrons. The maximum atomic E-state index is 5.71. The summed E-state index contributed by atoms with van der Waals surface area (Å²) in [5.41, 5.74) is 7.76. The molecule has 0 bridgehead atoms. The molecule has 0 atom stereocenters. The Bertz CT molecular complexity index is 719. The van der Waals surface area contributed by atoms with Gasteiger partial charge in [-0.25, -0.2) is 0 Å². The Morgan fingerprint density at radius 1 is 1.30 bits per heavy atom. The molecule has 0 radical (unpaired) electrons. The van der Waals surface area contributed by atoms with Gasteiger partial charge in [0.1, 0.15) is 11.6 Å². The van der Waals surface area contributed by atoms with Crippen molar-refractivity contribution < 1.29 is 4.74 Å². The first-order valence-corrected chi connectivity index (χ1v) is 7.47. The number of benzene rings is 1. The highest BCUT2D eigenvalue weighted by Crippen LogP contribution is 2.33. The largest absolute Gasteiger partial charge is 0.493 e. The first-order chi connectivity index (χ1) is 9.85. The summed E-state index contributed by atoms with van der Waals surface area (Å²) >= 11 is 1.58. The molecule has 2 aromatic heterocycles. The van der Waals surface area contributed by atoms with E-state index >= 15 is 0 Å². The number of rotatable bonds is 5. The van der Waals surface area contributed by atoms with Crippen LogP contribution in [0.1, 0.15) is 12.7 Å². The average molecular weight is 288 g/mol. The quantitative estimate of drug-likeness (QED) is 0.782. The van der Waals surface area contributed by atoms with Crippen LogP contribution in [-0.4, -0.2) is 27.7 Å². The van der Waals surface area contributed by atoms with E-state index in [-0.39, 0.29) is 0 Å². The Morgan fingerprint density at radius 2 is 2.15 bits per heavy atom. The molecule has 1 aromatic carbocycles. The Hall–Kier alpha value is -1.92. The maximum Gasteiger partial charge on any atom is 0.216 e. The fourth-order valence-electron chi connectivity index (χ4n) is 2.21. The van der Waals surface area contributed by atoms with E-state index in [1.807, 2.05) is 25.1 Å². The monoisotopic (exact) mass is 288 g/mol. The first-order valence-electron chi connectivity index (χ1n) is 6.59. The van der Waals surface area contributed by atoms with Gasteiger partial charge in [0.2, 0.25) is 4.96 Å². The van der Waals surface area contributed by atoms with E-state index in [0.29, 0.717) is 19.6 Å². The van der Waals surface area contributed by atoms with Gasteiger partial charge in [0.05, 0.1) is 12.3 Å². The topological polar surface area (TPSA) is 65.4 Å². The molecule has 5 nitrogen and oxygen atoms in total. The second-order valence-corrected chi connectivity index (χ2v) is 5.16. The number of nitrogens with two attached hydrogens (primary N) is 1. The molecule has 0 saturated heterocycles. The van der Waals surface area contributed by atoms with Crippen molar-refractivity contribution in [3.05, 3.63) is 35.5 Å². The van der Waals surface area contributed by atoms with Crippen molar-refractivity contribution in [2.75, 3.05) is 13.2 Å². The Morgan fingerprint density at radius 3 is 2.95 bits per heavy atom. The van der Waals surface area contributed by atoms with Crippen LogP contribution >= 0.6 is 11.3 Å². The molecule has 0 unspecified atom stereocenters. The molecule has 3 rings (SSSR count). The van der Waals surface area contributed by atoms with Gasteiger partial charge in [-0.05, 0) is 25.6 Å². The normalized spacial score (nSPS) is 11.1. The number of nitrogens with zero attached hydrogens (tertiary/aromatic N) is 3. The lowest BCUT2D eigenvalue weighted by atomic mass is 10.1. The molecule has 0 fully saturated rings. The van der Waals surface area contributed by atoms with Crippen LogP contribution in [0.4, 0.5) is 0 Å². The molecule has 2 N–H and O–H groups in total. The SMILES string of the molecule is CCOc1ccccc1-c1csc2nnc(CCN)n12. The van der Waals surface area contributed by atoms with E-state index < -0.39 is 0 Å². The summed E-state index contributed by atoms with van der Waals surface area (Å²) in [5, 5.41) is 10.5. The number of hydrogen-bond donors (Lipinski definition) is 1. The first kappa shape index (κ1) is 13.1. The number of aromatic nitrogens is 3. The Labute approximate surface area is 121 Å². The van der Waals surface area contributed by atoms with Gasteiger partial charge in [0.25, 0.3) is 0 Å².